The molecule has 3 amide bonds. The van der Waals surface area contributed by atoms with Crippen molar-refractivity contribution in [3.8, 4) is 0 Å². The van der Waals surface area contributed by atoms with E-state index in [2.05, 4.69) is 29.3 Å². The number of nitrogens with zero attached hydrogens (tertiary/aromatic N) is 4. The number of nitrogens with one attached hydrogen (secondary N) is 1. The van der Waals surface area contributed by atoms with E-state index < -0.39 is 18.2 Å². The van der Waals surface area contributed by atoms with Crippen LogP contribution in [0.1, 0.15) is 26.3 Å². The van der Waals surface area contributed by atoms with Crippen molar-refractivity contribution in [3.05, 3.63) is 41.2 Å². The van der Waals surface area contributed by atoms with Gasteiger partial charge in [-0.25, -0.2) is 9.79 Å². The Morgan fingerprint density at radius 1 is 1.16 bits per heavy atom. The van der Waals surface area contributed by atoms with Crippen LogP contribution in [0.5, 0.6) is 0 Å². The first kappa shape index (κ1) is 15.7. The number of aryl methyl sites for hydroxylation is 1. The van der Waals surface area contributed by atoms with Crippen LogP contribution in [0, 0.1) is 0 Å². The van der Waals surface area contributed by atoms with Crippen molar-refractivity contribution in [1.82, 2.24) is 15.1 Å². The Hall–Kier alpha value is -2.83. The fourth-order valence-corrected chi connectivity index (χ4v) is 3.77. The van der Waals surface area contributed by atoms with Gasteiger partial charge in [-0.2, -0.15) is 0 Å². The summed E-state index contributed by atoms with van der Waals surface area (Å²) in [5.41, 5.74) is 4.31. The molecule has 1 aromatic carbocycles. The van der Waals surface area contributed by atoms with Crippen molar-refractivity contribution in [2.75, 3.05) is 11.9 Å². The third kappa shape index (κ3) is 2.01. The molecule has 1 aromatic rings. The summed E-state index contributed by atoms with van der Waals surface area (Å²) in [6.07, 6.45) is 0.397. The maximum atomic E-state index is 12.5. The summed E-state index contributed by atoms with van der Waals surface area (Å²) < 4.78 is 0. The van der Waals surface area contributed by atoms with Crippen molar-refractivity contribution in [2.24, 2.45) is 4.99 Å². The molecule has 0 spiro atoms. The second-order valence-corrected chi connectivity index (χ2v) is 6.55. The lowest BCUT2D eigenvalue weighted by molar-refractivity contribution is -0.126. The van der Waals surface area contributed by atoms with Gasteiger partial charge in [-0.3, -0.25) is 19.9 Å². The average Bonchev–Trinajstić information content (AvgIpc) is 3.10. The van der Waals surface area contributed by atoms with Crippen LogP contribution in [0.3, 0.4) is 0 Å². The van der Waals surface area contributed by atoms with E-state index in [1.165, 1.54) is 10.5 Å². The molecule has 0 aromatic heterocycles. The predicted octanol–water partition coefficient (Wildman–Crippen LogP) is 1.87. The molecule has 0 radical (unpaired) electrons. The minimum atomic E-state index is -0.522. The Kier molecular flexibility index (Phi) is 3.35. The fourth-order valence-electron chi connectivity index (χ4n) is 3.77. The number of benzene rings is 1. The average molecular weight is 339 g/mol. The van der Waals surface area contributed by atoms with E-state index in [0.717, 1.165) is 23.5 Å². The Bertz CT molecular complexity index is 844. The number of fused-ring (bicyclic) bond motifs is 3. The Labute approximate surface area is 146 Å². The van der Waals surface area contributed by atoms with Crippen LogP contribution < -0.4 is 10.2 Å². The minimum Gasteiger partial charge on any atom is -0.303 e. The van der Waals surface area contributed by atoms with Crippen LogP contribution in [0.15, 0.2) is 40.7 Å². The van der Waals surface area contributed by atoms with Gasteiger partial charge in [-0.1, -0.05) is 25.1 Å². The first-order valence-corrected chi connectivity index (χ1v) is 8.46. The molecule has 0 bridgehead atoms. The summed E-state index contributed by atoms with van der Waals surface area (Å²) in [5.74, 6) is 0.409. The third-order valence-electron chi connectivity index (χ3n) is 5.27. The first-order valence-electron chi connectivity index (χ1n) is 8.46. The maximum absolute atomic E-state index is 12.5. The van der Waals surface area contributed by atoms with Crippen LogP contribution in [-0.4, -0.2) is 47.0 Å². The quantitative estimate of drug-likeness (QED) is 0.893. The number of rotatable bonds is 2. The van der Waals surface area contributed by atoms with Crippen molar-refractivity contribution >= 4 is 23.6 Å². The number of carbonyl (C=O) groups is 2. The molecule has 3 heterocycles. The number of imide groups is 1. The molecule has 2 unspecified atom stereocenters. The number of amides is 3. The summed E-state index contributed by atoms with van der Waals surface area (Å²) in [5, 5.41) is 2.42. The summed E-state index contributed by atoms with van der Waals surface area (Å²) >= 11 is 0. The summed E-state index contributed by atoms with van der Waals surface area (Å²) in [7, 11) is 1.67. The van der Waals surface area contributed by atoms with Crippen molar-refractivity contribution in [3.63, 3.8) is 0 Å². The molecule has 130 valence electrons. The molecule has 7 nitrogen and oxygen atoms in total. The van der Waals surface area contributed by atoms with Gasteiger partial charge in [0.1, 0.15) is 0 Å². The number of allylic oxidation sites excluding steroid dienone is 2. The summed E-state index contributed by atoms with van der Waals surface area (Å²) in [6.45, 7) is 6.15. The normalized spacial score (nSPS) is 25.3. The highest BCUT2D eigenvalue weighted by atomic mass is 16.2. The monoisotopic (exact) mass is 339 g/mol. The SMILES string of the molecule is CCc1ccccc1N1C2=NC3C(C(=O)NC(=O)N3C)N2C(C)=C1C. The van der Waals surface area contributed by atoms with Gasteiger partial charge in [-0.15, -0.1) is 0 Å². The molecule has 25 heavy (non-hydrogen) atoms. The number of hydrogen-bond donors (Lipinski definition) is 1. The second-order valence-electron chi connectivity index (χ2n) is 6.55. The van der Waals surface area contributed by atoms with E-state index in [1.807, 2.05) is 30.9 Å². The number of guanidine groups is 1. The fraction of sp³-hybridized carbons (Fsp3) is 0.389. The first-order chi connectivity index (χ1) is 12.0. The Morgan fingerprint density at radius 2 is 1.88 bits per heavy atom. The van der Waals surface area contributed by atoms with E-state index >= 15 is 0 Å². The van der Waals surface area contributed by atoms with Gasteiger partial charge in [-0.05, 0) is 31.9 Å². The van der Waals surface area contributed by atoms with Crippen LogP contribution >= 0.6 is 0 Å². The largest absolute Gasteiger partial charge is 0.325 e. The zero-order chi connectivity index (χ0) is 17.9. The van der Waals surface area contributed by atoms with Crippen LogP contribution in [0.25, 0.3) is 0 Å². The number of aliphatic imine (C=N–C) groups is 1. The number of urea groups is 1. The summed E-state index contributed by atoms with van der Waals surface area (Å²) in [4.78, 5) is 34.7. The lowest BCUT2D eigenvalue weighted by Gasteiger charge is -2.35. The number of likely N-dealkylation sites (N-methyl/N-ethyl adjacent to an activating group) is 1. The van der Waals surface area contributed by atoms with Gasteiger partial charge in [0.25, 0.3) is 5.91 Å². The van der Waals surface area contributed by atoms with Crippen LogP contribution in [0.4, 0.5) is 10.5 Å². The van der Waals surface area contributed by atoms with E-state index in [0.29, 0.717) is 5.96 Å². The van der Waals surface area contributed by atoms with Gasteiger partial charge in [0.05, 0.1) is 5.69 Å². The number of carbonyl (C=O) groups excluding carboxylic acids is 2. The standard InChI is InChI=1S/C18H21N5O2/c1-5-12-8-6-7-9-13(12)22-10(2)11(3)23-14-15(19-17(22)23)21(4)18(25)20-16(14)24/h6-9,14-15H,5H2,1-4H3,(H,20,24,25). The van der Waals surface area contributed by atoms with E-state index in [9.17, 15) is 9.59 Å². The third-order valence-corrected chi connectivity index (χ3v) is 5.27. The highest BCUT2D eigenvalue weighted by Gasteiger charge is 2.53. The van der Waals surface area contributed by atoms with Gasteiger partial charge >= 0.3 is 6.03 Å². The zero-order valence-electron chi connectivity index (χ0n) is 14.8. The molecule has 3 aliphatic heterocycles. The maximum Gasteiger partial charge on any atom is 0.325 e. The topological polar surface area (TPSA) is 68.2 Å². The number of anilines is 1. The zero-order valence-corrected chi connectivity index (χ0v) is 14.8. The molecule has 0 aliphatic carbocycles. The van der Waals surface area contributed by atoms with Crippen molar-refractivity contribution < 1.29 is 9.59 Å². The molecular weight excluding hydrogens is 318 g/mol. The number of para-hydroxylation sites is 1. The molecule has 4 rings (SSSR count). The molecule has 1 fully saturated rings. The minimum absolute atomic E-state index is 0.301. The lowest BCUT2D eigenvalue weighted by atomic mass is 10.1. The summed E-state index contributed by atoms with van der Waals surface area (Å²) in [6, 6.07) is 7.27. The molecular formula is C18H21N5O2. The van der Waals surface area contributed by atoms with E-state index in [1.54, 1.807) is 7.05 Å². The molecule has 1 saturated heterocycles. The van der Waals surface area contributed by atoms with Crippen molar-refractivity contribution in [1.29, 1.82) is 0 Å². The Balaban J connectivity index is 1.84. The van der Waals surface area contributed by atoms with Crippen LogP contribution in [0.2, 0.25) is 0 Å². The molecule has 1 N–H and O–H groups in total. The molecule has 7 heteroatoms. The van der Waals surface area contributed by atoms with E-state index in [-0.39, 0.29) is 5.91 Å². The predicted molar refractivity (Wildman–Crippen MR) is 94.8 cm³/mol. The highest BCUT2D eigenvalue weighted by Crippen LogP contribution is 2.39. The molecule has 3 aliphatic rings. The molecule has 0 saturated carbocycles. The van der Waals surface area contributed by atoms with Gasteiger partial charge in [0, 0.05) is 18.4 Å². The second kappa shape index (κ2) is 5.34. The van der Waals surface area contributed by atoms with Gasteiger partial charge in [0.2, 0.25) is 5.96 Å². The van der Waals surface area contributed by atoms with Gasteiger partial charge < -0.3 is 4.90 Å². The smallest absolute Gasteiger partial charge is 0.303 e. The van der Waals surface area contributed by atoms with Crippen LogP contribution in [-0.2, 0) is 11.2 Å². The van der Waals surface area contributed by atoms with E-state index in [4.69, 9.17) is 4.99 Å². The lowest BCUT2D eigenvalue weighted by Crippen LogP contribution is -2.63. The van der Waals surface area contributed by atoms with Crippen molar-refractivity contribution in [2.45, 2.75) is 39.4 Å². The van der Waals surface area contributed by atoms with Gasteiger partial charge in [0.15, 0.2) is 12.2 Å². The highest BCUT2D eigenvalue weighted by molar-refractivity contribution is 6.10. The molecule has 2 atom stereocenters. The Morgan fingerprint density at radius 3 is 2.60 bits per heavy atom. The number of hydrogen-bond acceptors (Lipinski definition) is 5.